The first-order chi connectivity index (χ1) is 20.2. The zero-order valence-corrected chi connectivity index (χ0v) is 25.9. The van der Waals surface area contributed by atoms with Crippen LogP contribution in [-0.2, 0) is 24.3 Å². The third-order valence-corrected chi connectivity index (χ3v) is 9.09. The second-order valence-electron chi connectivity index (χ2n) is 9.81. The number of benzene rings is 1. The standard InChI is InChI=1S/C27H37N7O6S2/c1-32(2)12-5-16-40-23-11-10-22-26(29-23)41-27(28-22)30-25(35)24(31-34-14-18-39-19-15-34)20-6-8-21(9-7-20)42(36,37)33(3)13-17-38-4/h6-11H,5,12-19H2,1-4H3,(H,28,30,35)/b31-24+. The number of rotatable bonds is 14. The fraction of sp³-hybridized carbons (Fsp3) is 0.481. The van der Waals surface area contributed by atoms with Gasteiger partial charge in [0.2, 0.25) is 15.9 Å². The molecule has 3 heterocycles. The number of anilines is 1. The Morgan fingerprint density at radius 1 is 1.07 bits per heavy atom. The van der Waals surface area contributed by atoms with Gasteiger partial charge in [-0.05, 0) is 38.7 Å². The molecule has 0 bridgehead atoms. The van der Waals surface area contributed by atoms with Crippen LogP contribution in [0, 0.1) is 0 Å². The second kappa shape index (κ2) is 14.8. The van der Waals surface area contributed by atoms with Gasteiger partial charge in [0.15, 0.2) is 10.8 Å². The molecule has 1 aromatic carbocycles. The lowest BCUT2D eigenvalue weighted by molar-refractivity contribution is -0.110. The molecule has 1 aliphatic heterocycles. The third kappa shape index (κ3) is 8.42. The molecule has 4 rings (SSSR count). The smallest absolute Gasteiger partial charge is 0.278 e. The van der Waals surface area contributed by atoms with Crippen molar-refractivity contribution in [3.63, 3.8) is 0 Å². The second-order valence-corrected chi connectivity index (χ2v) is 12.8. The Bertz CT molecular complexity index is 1470. The molecule has 3 aromatic rings. The number of hydrogen-bond acceptors (Lipinski definition) is 12. The first-order valence-electron chi connectivity index (χ1n) is 13.5. The third-order valence-electron chi connectivity index (χ3n) is 6.34. The minimum atomic E-state index is -3.72. The van der Waals surface area contributed by atoms with E-state index in [9.17, 15) is 13.2 Å². The first kappa shape index (κ1) is 31.7. The van der Waals surface area contributed by atoms with E-state index in [1.165, 1.54) is 41.9 Å². The summed E-state index contributed by atoms with van der Waals surface area (Å²) in [6.07, 6.45) is 0.874. The molecule has 1 fully saturated rings. The molecular weight excluding hydrogens is 582 g/mol. The molecule has 42 heavy (non-hydrogen) atoms. The van der Waals surface area contributed by atoms with Gasteiger partial charge in [0.1, 0.15) is 10.3 Å². The highest BCUT2D eigenvalue weighted by Crippen LogP contribution is 2.27. The quantitative estimate of drug-likeness (QED) is 0.211. The van der Waals surface area contributed by atoms with E-state index in [1.54, 1.807) is 29.3 Å². The van der Waals surface area contributed by atoms with Crippen LogP contribution in [0.2, 0.25) is 0 Å². The van der Waals surface area contributed by atoms with Crippen LogP contribution in [0.25, 0.3) is 10.3 Å². The van der Waals surface area contributed by atoms with E-state index in [0.717, 1.165) is 13.0 Å². The fourth-order valence-corrected chi connectivity index (χ4v) is 5.96. The molecule has 1 aliphatic rings. The minimum absolute atomic E-state index is 0.105. The van der Waals surface area contributed by atoms with Crippen molar-refractivity contribution in [1.29, 1.82) is 0 Å². The van der Waals surface area contributed by atoms with Gasteiger partial charge in [-0.1, -0.05) is 23.5 Å². The predicted octanol–water partition coefficient (Wildman–Crippen LogP) is 1.96. The van der Waals surface area contributed by atoms with Gasteiger partial charge in [0.05, 0.1) is 44.4 Å². The van der Waals surface area contributed by atoms with Crippen LogP contribution in [0.5, 0.6) is 5.88 Å². The summed E-state index contributed by atoms with van der Waals surface area (Å²) >= 11 is 1.23. The average Bonchev–Trinajstić information content (AvgIpc) is 3.38. The van der Waals surface area contributed by atoms with Crippen LogP contribution in [0.3, 0.4) is 0 Å². The van der Waals surface area contributed by atoms with Crippen molar-refractivity contribution in [2.45, 2.75) is 11.3 Å². The van der Waals surface area contributed by atoms with Gasteiger partial charge in [0, 0.05) is 38.9 Å². The fourth-order valence-electron chi connectivity index (χ4n) is 3.98. The number of nitrogens with one attached hydrogen (secondary N) is 1. The Morgan fingerprint density at radius 2 is 1.81 bits per heavy atom. The maximum absolute atomic E-state index is 13.5. The van der Waals surface area contributed by atoms with Crippen molar-refractivity contribution < 1.29 is 27.4 Å². The molecule has 1 amide bonds. The van der Waals surface area contributed by atoms with Crippen molar-refractivity contribution in [3.05, 3.63) is 42.0 Å². The van der Waals surface area contributed by atoms with E-state index in [4.69, 9.17) is 14.2 Å². The number of sulfonamides is 1. The van der Waals surface area contributed by atoms with Gasteiger partial charge in [-0.15, -0.1) is 0 Å². The van der Waals surface area contributed by atoms with Gasteiger partial charge in [0.25, 0.3) is 5.91 Å². The lowest BCUT2D eigenvalue weighted by atomic mass is 10.1. The van der Waals surface area contributed by atoms with Crippen molar-refractivity contribution >= 4 is 48.5 Å². The molecule has 0 spiro atoms. The molecule has 0 atom stereocenters. The Balaban J connectivity index is 1.53. The Labute approximate surface area is 250 Å². The van der Waals surface area contributed by atoms with E-state index >= 15 is 0 Å². The molecule has 0 saturated carbocycles. The number of morpholine rings is 1. The summed E-state index contributed by atoms with van der Waals surface area (Å²) in [4.78, 5) is 25.4. The Hall–Kier alpha value is -3.21. The highest BCUT2D eigenvalue weighted by atomic mass is 32.2. The molecular formula is C27H37N7O6S2. The number of nitrogens with zero attached hydrogens (tertiary/aromatic N) is 6. The molecule has 1 saturated heterocycles. The van der Waals surface area contributed by atoms with Crippen LogP contribution < -0.4 is 10.1 Å². The molecule has 1 N–H and O–H groups in total. The summed E-state index contributed by atoms with van der Waals surface area (Å²) in [5.41, 5.74) is 1.23. The molecule has 0 aliphatic carbocycles. The van der Waals surface area contributed by atoms with Crippen LogP contribution in [0.15, 0.2) is 46.4 Å². The first-order valence-corrected chi connectivity index (χ1v) is 15.8. The highest BCUT2D eigenvalue weighted by molar-refractivity contribution is 7.89. The summed E-state index contributed by atoms with van der Waals surface area (Å²) in [6, 6.07) is 9.67. The Kier molecular flexibility index (Phi) is 11.2. The topological polar surface area (TPSA) is 139 Å². The monoisotopic (exact) mass is 619 g/mol. The number of hydrogen-bond donors (Lipinski definition) is 1. The van der Waals surface area contributed by atoms with E-state index in [-0.39, 0.29) is 23.8 Å². The van der Waals surface area contributed by atoms with Gasteiger partial charge in [-0.2, -0.15) is 9.41 Å². The van der Waals surface area contributed by atoms with Crippen LogP contribution in [-0.4, -0.2) is 125 Å². The molecule has 2 aromatic heterocycles. The number of fused-ring (bicyclic) bond motifs is 1. The summed E-state index contributed by atoms with van der Waals surface area (Å²) < 4.78 is 43.3. The number of amides is 1. The van der Waals surface area contributed by atoms with Crippen molar-refractivity contribution in [2.24, 2.45) is 5.10 Å². The molecule has 0 radical (unpaired) electrons. The van der Waals surface area contributed by atoms with E-state index in [0.29, 0.717) is 59.8 Å². The number of carbonyl (C=O) groups is 1. The van der Waals surface area contributed by atoms with Crippen LogP contribution in [0.4, 0.5) is 5.13 Å². The summed E-state index contributed by atoms with van der Waals surface area (Å²) in [5, 5.41) is 9.58. The Morgan fingerprint density at radius 3 is 2.50 bits per heavy atom. The number of hydrazone groups is 1. The van der Waals surface area contributed by atoms with Gasteiger partial charge < -0.3 is 19.1 Å². The molecule has 0 unspecified atom stereocenters. The van der Waals surface area contributed by atoms with Crippen LogP contribution >= 0.6 is 11.3 Å². The lowest BCUT2D eigenvalue weighted by Gasteiger charge is -2.25. The summed E-state index contributed by atoms with van der Waals surface area (Å²) in [6.45, 7) is 3.98. The predicted molar refractivity (Wildman–Crippen MR) is 162 cm³/mol. The zero-order chi connectivity index (χ0) is 30.1. The number of methoxy groups -OCH3 is 1. The normalized spacial score (nSPS) is 14.6. The largest absolute Gasteiger partial charge is 0.478 e. The van der Waals surface area contributed by atoms with Gasteiger partial charge in [-0.25, -0.2) is 18.4 Å². The van der Waals surface area contributed by atoms with Gasteiger partial charge >= 0.3 is 0 Å². The van der Waals surface area contributed by atoms with E-state index < -0.39 is 15.9 Å². The number of carbonyl (C=O) groups excluding carboxylic acids is 1. The number of aromatic nitrogens is 2. The number of likely N-dealkylation sites (N-methyl/N-ethyl adjacent to an activating group) is 1. The van der Waals surface area contributed by atoms with E-state index in [2.05, 4.69) is 25.3 Å². The zero-order valence-electron chi connectivity index (χ0n) is 24.3. The molecule has 15 heteroatoms. The molecule has 228 valence electrons. The van der Waals surface area contributed by atoms with Crippen molar-refractivity contribution in [1.82, 2.24) is 24.2 Å². The van der Waals surface area contributed by atoms with E-state index in [1.807, 2.05) is 14.1 Å². The SMILES string of the molecule is COCCN(C)S(=O)(=O)c1ccc(/C(=N\N2CCOCC2)C(=O)Nc2nc3ccc(OCCCN(C)C)nc3s2)cc1. The summed E-state index contributed by atoms with van der Waals surface area (Å²) in [5.74, 6) is 0.0220. The van der Waals surface area contributed by atoms with Gasteiger partial charge in [-0.3, -0.25) is 15.1 Å². The van der Waals surface area contributed by atoms with Crippen molar-refractivity contribution in [2.75, 3.05) is 86.2 Å². The molecule has 13 nitrogen and oxygen atoms in total. The minimum Gasteiger partial charge on any atom is -0.478 e. The highest BCUT2D eigenvalue weighted by Gasteiger charge is 2.23. The lowest BCUT2D eigenvalue weighted by Crippen LogP contribution is -2.35. The number of thiazole rings is 1. The number of pyridine rings is 1. The summed E-state index contributed by atoms with van der Waals surface area (Å²) in [7, 11) is 3.31. The maximum atomic E-state index is 13.5. The number of ether oxygens (including phenoxy) is 3. The van der Waals surface area contributed by atoms with Crippen LogP contribution in [0.1, 0.15) is 12.0 Å². The van der Waals surface area contributed by atoms with Crippen molar-refractivity contribution in [3.8, 4) is 5.88 Å². The maximum Gasteiger partial charge on any atom is 0.278 e. The average molecular weight is 620 g/mol.